The first-order valence-electron chi connectivity index (χ1n) is 6.71. The van der Waals surface area contributed by atoms with Gasteiger partial charge in [-0.3, -0.25) is 0 Å². The molecule has 2 heterocycles. The van der Waals surface area contributed by atoms with Crippen LogP contribution in [0.2, 0.25) is 5.02 Å². The number of benzene rings is 1. The van der Waals surface area contributed by atoms with E-state index in [1.807, 2.05) is 22.2 Å². The van der Waals surface area contributed by atoms with Crippen molar-refractivity contribution in [2.75, 3.05) is 6.61 Å². The van der Waals surface area contributed by atoms with Crippen molar-refractivity contribution in [3.8, 4) is 16.3 Å². The monoisotopic (exact) mass is 365 g/mol. The number of halogens is 1. The summed E-state index contributed by atoms with van der Waals surface area (Å²) >= 11 is 9.00. The molecule has 118 valence electrons. The molecule has 0 radical (unpaired) electrons. The highest BCUT2D eigenvalue weighted by Gasteiger charge is 2.09. The molecule has 0 aliphatic heterocycles. The summed E-state index contributed by atoms with van der Waals surface area (Å²) < 4.78 is 10.5. The largest absolute Gasteiger partial charge is 0.482 e. The summed E-state index contributed by atoms with van der Waals surface area (Å²) in [4.78, 5) is 16.2. The van der Waals surface area contributed by atoms with Crippen molar-refractivity contribution in [3.05, 3.63) is 57.2 Å². The van der Waals surface area contributed by atoms with E-state index in [2.05, 4.69) is 4.98 Å². The summed E-state index contributed by atoms with van der Waals surface area (Å²) in [6.45, 7) is -0.0275. The van der Waals surface area contributed by atoms with E-state index < -0.39 is 5.97 Å². The van der Waals surface area contributed by atoms with Crippen molar-refractivity contribution in [2.45, 2.75) is 6.61 Å². The molecule has 0 fully saturated rings. The van der Waals surface area contributed by atoms with Crippen LogP contribution in [0.1, 0.15) is 5.69 Å². The molecule has 0 saturated heterocycles. The Labute approximate surface area is 146 Å². The molecule has 0 aliphatic carbocycles. The number of aromatic nitrogens is 1. The third-order valence-electron chi connectivity index (χ3n) is 2.85. The molecule has 0 spiro atoms. The molecule has 0 saturated carbocycles. The van der Waals surface area contributed by atoms with E-state index in [0.29, 0.717) is 10.8 Å². The maximum Gasteiger partial charge on any atom is 0.344 e. The van der Waals surface area contributed by atoms with Gasteiger partial charge < -0.3 is 9.47 Å². The molecule has 0 bridgehead atoms. The van der Waals surface area contributed by atoms with E-state index in [1.165, 1.54) is 11.3 Å². The second-order valence-electron chi connectivity index (χ2n) is 4.56. The molecule has 0 amide bonds. The summed E-state index contributed by atoms with van der Waals surface area (Å²) in [5.74, 6) is 0.0814. The number of rotatable bonds is 6. The number of hydrogen-bond acceptors (Lipinski definition) is 6. The van der Waals surface area contributed by atoms with Gasteiger partial charge in [0.05, 0.1) is 5.69 Å². The Hall–Kier alpha value is -1.89. The van der Waals surface area contributed by atoms with Gasteiger partial charge in [-0.1, -0.05) is 17.7 Å². The van der Waals surface area contributed by atoms with Crippen LogP contribution in [0.4, 0.5) is 0 Å². The van der Waals surface area contributed by atoms with Gasteiger partial charge in [-0.25, -0.2) is 9.78 Å². The number of thiazole rings is 1. The van der Waals surface area contributed by atoms with Gasteiger partial charge in [-0.05, 0) is 29.6 Å². The molecule has 0 unspecified atom stereocenters. The van der Waals surface area contributed by atoms with Gasteiger partial charge in [0.1, 0.15) is 17.4 Å². The van der Waals surface area contributed by atoms with Crippen molar-refractivity contribution in [3.63, 3.8) is 0 Å². The second-order valence-corrected chi connectivity index (χ2v) is 6.64. The van der Waals surface area contributed by atoms with E-state index in [-0.39, 0.29) is 13.2 Å². The van der Waals surface area contributed by atoms with Crippen LogP contribution in [0.5, 0.6) is 5.75 Å². The molecule has 23 heavy (non-hydrogen) atoms. The summed E-state index contributed by atoms with van der Waals surface area (Å²) in [5.41, 5.74) is 1.81. The number of carbonyl (C=O) groups excluding carboxylic acids is 1. The van der Waals surface area contributed by atoms with Crippen molar-refractivity contribution in [1.82, 2.24) is 4.98 Å². The average Bonchev–Trinajstić information content (AvgIpc) is 3.22. The fourth-order valence-corrected chi connectivity index (χ4v) is 3.48. The van der Waals surface area contributed by atoms with Gasteiger partial charge in [0, 0.05) is 21.3 Å². The number of hydrogen-bond donors (Lipinski definition) is 0. The van der Waals surface area contributed by atoms with Gasteiger partial charge in [0.15, 0.2) is 6.61 Å². The van der Waals surface area contributed by atoms with E-state index in [0.717, 1.165) is 16.3 Å². The Morgan fingerprint density at radius 3 is 2.96 bits per heavy atom. The molecule has 1 aromatic carbocycles. The summed E-state index contributed by atoms with van der Waals surface area (Å²) in [6, 6.07) is 8.87. The third-order valence-corrected chi connectivity index (χ3v) is 4.71. The fourth-order valence-electron chi connectivity index (χ4n) is 1.79. The lowest BCUT2D eigenvalue weighted by molar-refractivity contribution is -0.147. The first-order valence-corrected chi connectivity index (χ1v) is 8.92. The van der Waals surface area contributed by atoms with Crippen LogP contribution in [0.25, 0.3) is 10.6 Å². The van der Waals surface area contributed by atoms with Crippen LogP contribution >= 0.6 is 34.3 Å². The Kier molecular flexibility index (Phi) is 5.27. The van der Waals surface area contributed by atoms with Gasteiger partial charge in [0.25, 0.3) is 0 Å². The van der Waals surface area contributed by atoms with Crippen molar-refractivity contribution >= 4 is 40.2 Å². The lowest BCUT2D eigenvalue weighted by Crippen LogP contribution is -2.14. The van der Waals surface area contributed by atoms with Gasteiger partial charge in [0.2, 0.25) is 0 Å². The van der Waals surface area contributed by atoms with Crippen LogP contribution in [-0.2, 0) is 16.1 Å². The standard InChI is InChI=1S/C16H12ClNO3S2/c17-12-2-1-3-14(6-12)20-8-15(19)21-7-13-10-23-16(18-13)11-4-5-22-9-11/h1-6,9-10H,7-8H2. The highest BCUT2D eigenvalue weighted by atomic mass is 35.5. The van der Waals surface area contributed by atoms with Crippen LogP contribution in [0.3, 0.4) is 0 Å². The number of carbonyl (C=O) groups is 1. The lowest BCUT2D eigenvalue weighted by Gasteiger charge is -2.06. The molecule has 3 aromatic rings. The zero-order valence-corrected chi connectivity index (χ0v) is 14.3. The minimum atomic E-state index is -0.449. The SMILES string of the molecule is O=C(COc1cccc(Cl)c1)OCc1csc(-c2ccsc2)n1. The molecule has 0 aliphatic rings. The second kappa shape index (κ2) is 7.59. The third kappa shape index (κ3) is 4.54. The van der Waals surface area contributed by atoms with Gasteiger partial charge in [-0.2, -0.15) is 11.3 Å². The Morgan fingerprint density at radius 2 is 2.17 bits per heavy atom. The highest BCUT2D eigenvalue weighted by Crippen LogP contribution is 2.25. The Bertz CT molecular complexity index is 786. The zero-order valence-electron chi connectivity index (χ0n) is 11.9. The Balaban J connectivity index is 1.47. The first-order chi connectivity index (χ1) is 11.2. The maximum absolute atomic E-state index is 11.7. The minimum absolute atomic E-state index is 0.137. The minimum Gasteiger partial charge on any atom is -0.482 e. The molecular formula is C16H12ClNO3S2. The average molecular weight is 366 g/mol. The normalized spacial score (nSPS) is 10.5. The van der Waals surface area contributed by atoms with E-state index in [1.54, 1.807) is 35.6 Å². The smallest absolute Gasteiger partial charge is 0.344 e. The van der Waals surface area contributed by atoms with Crippen molar-refractivity contribution < 1.29 is 14.3 Å². The number of esters is 1. The number of thiophene rings is 1. The molecule has 3 rings (SSSR count). The van der Waals surface area contributed by atoms with Crippen LogP contribution in [0.15, 0.2) is 46.5 Å². The predicted molar refractivity (Wildman–Crippen MR) is 92.2 cm³/mol. The predicted octanol–water partition coefficient (Wildman–Crippen LogP) is 4.65. The zero-order chi connectivity index (χ0) is 16.1. The van der Waals surface area contributed by atoms with Crippen LogP contribution in [-0.4, -0.2) is 17.6 Å². The quantitative estimate of drug-likeness (QED) is 0.597. The first kappa shape index (κ1) is 16.0. The van der Waals surface area contributed by atoms with E-state index in [4.69, 9.17) is 21.1 Å². The molecular weight excluding hydrogens is 354 g/mol. The van der Waals surface area contributed by atoms with E-state index >= 15 is 0 Å². The van der Waals surface area contributed by atoms with Crippen LogP contribution in [0, 0.1) is 0 Å². The van der Waals surface area contributed by atoms with Crippen LogP contribution < -0.4 is 4.74 Å². The molecule has 2 aromatic heterocycles. The van der Waals surface area contributed by atoms with Gasteiger partial charge >= 0.3 is 5.97 Å². The number of nitrogens with zero attached hydrogens (tertiary/aromatic N) is 1. The van der Waals surface area contributed by atoms with Crippen molar-refractivity contribution in [1.29, 1.82) is 0 Å². The number of ether oxygens (including phenoxy) is 2. The van der Waals surface area contributed by atoms with Crippen molar-refractivity contribution in [2.24, 2.45) is 0 Å². The highest BCUT2D eigenvalue weighted by molar-refractivity contribution is 7.14. The molecule has 0 atom stereocenters. The topological polar surface area (TPSA) is 48.4 Å². The fraction of sp³-hybridized carbons (Fsp3) is 0.125. The van der Waals surface area contributed by atoms with Gasteiger partial charge in [-0.15, -0.1) is 11.3 Å². The summed E-state index contributed by atoms with van der Waals surface area (Å²) in [7, 11) is 0. The Morgan fingerprint density at radius 1 is 1.26 bits per heavy atom. The van der Waals surface area contributed by atoms with E-state index in [9.17, 15) is 4.79 Å². The molecule has 0 N–H and O–H groups in total. The summed E-state index contributed by atoms with van der Waals surface area (Å²) in [6.07, 6.45) is 0. The summed E-state index contributed by atoms with van der Waals surface area (Å²) in [5, 5.41) is 7.40. The lowest BCUT2D eigenvalue weighted by atomic mass is 10.3. The maximum atomic E-state index is 11.7. The molecule has 7 heteroatoms. The molecule has 4 nitrogen and oxygen atoms in total.